The Labute approximate surface area is 187 Å². The molecule has 1 aromatic heterocycles. The molecule has 1 aromatic carbocycles. The zero-order chi connectivity index (χ0) is 22.7. The molecule has 6 nitrogen and oxygen atoms in total. The summed E-state index contributed by atoms with van der Waals surface area (Å²) in [6, 6.07) is 6.58. The number of nitrogens with one attached hydrogen (secondary N) is 1. The summed E-state index contributed by atoms with van der Waals surface area (Å²) in [7, 11) is 1.95. The number of urea groups is 1. The molecule has 172 valence electrons. The molecule has 2 saturated carbocycles. The summed E-state index contributed by atoms with van der Waals surface area (Å²) in [6.45, 7) is 0.444. The van der Waals surface area contributed by atoms with E-state index in [9.17, 15) is 18.4 Å². The highest BCUT2D eigenvalue weighted by atomic mass is 19.1. The van der Waals surface area contributed by atoms with Crippen LogP contribution in [0, 0.1) is 11.6 Å². The van der Waals surface area contributed by atoms with Crippen LogP contribution in [-0.2, 0) is 18.4 Å². The molecule has 2 aliphatic carbocycles. The summed E-state index contributed by atoms with van der Waals surface area (Å²) in [5.74, 6) is -1.65. The third-order valence-electron chi connectivity index (χ3n) is 6.45. The standard InChI is InChI=1S/C24H30F2N4O2/c1-28-13-5-8-20(28)15-29(19-10-11-19)23(31)16-30(18-6-3-2-4-7-18)24(32)27-22-12-9-17(25)14-21(22)26/h5,8-9,12-14,18-19H,2-4,6-7,10-11,15-16H2,1H3,(H,27,32). The molecule has 3 amide bonds. The molecule has 4 rings (SSSR count). The third kappa shape index (κ3) is 5.29. The summed E-state index contributed by atoms with van der Waals surface area (Å²) in [4.78, 5) is 29.9. The Hall–Kier alpha value is -2.90. The minimum atomic E-state index is -0.836. The second-order valence-electron chi connectivity index (χ2n) is 8.84. The van der Waals surface area contributed by atoms with Crippen molar-refractivity contribution >= 4 is 17.6 Å². The quantitative estimate of drug-likeness (QED) is 0.675. The highest BCUT2D eigenvalue weighted by molar-refractivity contribution is 5.92. The van der Waals surface area contributed by atoms with Crippen LogP contribution in [0.5, 0.6) is 0 Å². The fraction of sp³-hybridized carbons (Fsp3) is 0.500. The topological polar surface area (TPSA) is 57.6 Å². The Balaban J connectivity index is 1.50. The fourth-order valence-corrected chi connectivity index (χ4v) is 4.42. The van der Waals surface area contributed by atoms with Gasteiger partial charge in [-0.3, -0.25) is 4.79 Å². The molecule has 0 aliphatic heterocycles. The smallest absolute Gasteiger partial charge is 0.322 e. The van der Waals surface area contributed by atoms with Crippen LogP contribution in [0.4, 0.5) is 19.3 Å². The highest BCUT2D eigenvalue weighted by Crippen LogP contribution is 2.30. The number of nitrogens with zero attached hydrogens (tertiary/aromatic N) is 3. The van der Waals surface area contributed by atoms with Crippen molar-refractivity contribution in [2.24, 2.45) is 7.05 Å². The number of aromatic nitrogens is 1. The van der Waals surface area contributed by atoms with Gasteiger partial charge in [0.05, 0.1) is 12.2 Å². The molecule has 0 atom stereocenters. The largest absolute Gasteiger partial charge is 0.353 e. The normalized spacial score (nSPS) is 16.6. The molecule has 0 radical (unpaired) electrons. The van der Waals surface area contributed by atoms with E-state index in [2.05, 4.69) is 5.32 Å². The third-order valence-corrected chi connectivity index (χ3v) is 6.45. The minimum absolute atomic E-state index is 0.0553. The average Bonchev–Trinajstić information content (AvgIpc) is 3.54. The van der Waals surface area contributed by atoms with E-state index in [0.717, 1.165) is 62.8 Å². The summed E-state index contributed by atoms with van der Waals surface area (Å²) in [6.07, 6.45) is 8.59. The lowest BCUT2D eigenvalue weighted by molar-refractivity contribution is -0.133. The van der Waals surface area contributed by atoms with Crippen molar-refractivity contribution in [2.45, 2.75) is 63.6 Å². The van der Waals surface area contributed by atoms with E-state index in [4.69, 9.17) is 0 Å². The minimum Gasteiger partial charge on any atom is -0.353 e. The number of amides is 3. The van der Waals surface area contributed by atoms with Crippen LogP contribution in [-0.4, -0.2) is 44.9 Å². The lowest BCUT2D eigenvalue weighted by atomic mass is 9.94. The number of rotatable bonds is 7. The van der Waals surface area contributed by atoms with Crippen molar-refractivity contribution in [3.63, 3.8) is 0 Å². The summed E-state index contributed by atoms with van der Waals surface area (Å²) in [5.41, 5.74) is 0.944. The first-order chi connectivity index (χ1) is 15.4. The van der Waals surface area contributed by atoms with Crippen LogP contribution in [0.1, 0.15) is 50.6 Å². The first kappa shape index (κ1) is 22.3. The predicted octanol–water partition coefficient (Wildman–Crippen LogP) is 4.66. The van der Waals surface area contributed by atoms with Crippen LogP contribution in [0.2, 0.25) is 0 Å². The van der Waals surface area contributed by atoms with Crippen molar-refractivity contribution < 1.29 is 18.4 Å². The number of aryl methyl sites for hydroxylation is 1. The van der Waals surface area contributed by atoms with Gasteiger partial charge in [-0.05, 0) is 49.9 Å². The predicted molar refractivity (Wildman–Crippen MR) is 118 cm³/mol. The zero-order valence-electron chi connectivity index (χ0n) is 18.4. The maximum Gasteiger partial charge on any atom is 0.322 e. The maximum atomic E-state index is 14.1. The van der Waals surface area contributed by atoms with Crippen molar-refractivity contribution in [3.8, 4) is 0 Å². The van der Waals surface area contributed by atoms with Crippen LogP contribution >= 0.6 is 0 Å². The van der Waals surface area contributed by atoms with Crippen LogP contribution < -0.4 is 5.32 Å². The van der Waals surface area contributed by atoms with Gasteiger partial charge in [0.15, 0.2) is 0 Å². The first-order valence-corrected chi connectivity index (χ1v) is 11.3. The van der Waals surface area contributed by atoms with E-state index in [1.165, 1.54) is 6.07 Å². The Morgan fingerprint density at radius 2 is 1.75 bits per heavy atom. The van der Waals surface area contributed by atoms with Gasteiger partial charge in [0, 0.05) is 37.1 Å². The maximum absolute atomic E-state index is 14.1. The van der Waals surface area contributed by atoms with Gasteiger partial charge in [-0.15, -0.1) is 0 Å². The fourth-order valence-electron chi connectivity index (χ4n) is 4.42. The van der Waals surface area contributed by atoms with Gasteiger partial charge in [-0.1, -0.05) is 19.3 Å². The number of hydrogen-bond acceptors (Lipinski definition) is 2. The van der Waals surface area contributed by atoms with Crippen LogP contribution in [0.15, 0.2) is 36.5 Å². The SMILES string of the molecule is Cn1cccc1CN(C(=O)CN(C(=O)Nc1ccc(F)cc1F)C1CCCCC1)C1CC1. The zero-order valence-corrected chi connectivity index (χ0v) is 18.4. The Morgan fingerprint density at radius 3 is 2.38 bits per heavy atom. The molecule has 2 aromatic rings. The van der Waals surface area contributed by atoms with E-state index >= 15 is 0 Å². The van der Waals surface area contributed by atoms with E-state index in [0.29, 0.717) is 6.54 Å². The number of carbonyl (C=O) groups is 2. The highest BCUT2D eigenvalue weighted by Gasteiger charge is 2.36. The van der Waals surface area contributed by atoms with Crippen molar-refractivity contribution in [2.75, 3.05) is 11.9 Å². The van der Waals surface area contributed by atoms with Crippen LogP contribution in [0.25, 0.3) is 0 Å². The van der Waals surface area contributed by atoms with Crippen molar-refractivity contribution in [1.82, 2.24) is 14.4 Å². The van der Waals surface area contributed by atoms with Gasteiger partial charge in [0.25, 0.3) is 0 Å². The van der Waals surface area contributed by atoms with Gasteiger partial charge >= 0.3 is 6.03 Å². The van der Waals surface area contributed by atoms with Gasteiger partial charge in [0.1, 0.15) is 18.2 Å². The Bertz CT molecular complexity index is 967. The molecule has 0 saturated heterocycles. The average molecular weight is 445 g/mol. The Morgan fingerprint density at radius 1 is 1.03 bits per heavy atom. The monoisotopic (exact) mass is 444 g/mol. The summed E-state index contributed by atoms with van der Waals surface area (Å²) >= 11 is 0. The number of halogens is 2. The molecule has 2 aliphatic rings. The molecule has 2 fully saturated rings. The molecular weight excluding hydrogens is 414 g/mol. The first-order valence-electron chi connectivity index (χ1n) is 11.3. The number of benzene rings is 1. The second-order valence-corrected chi connectivity index (χ2v) is 8.84. The molecule has 8 heteroatoms. The second kappa shape index (κ2) is 9.71. The number of anilines is 1. The molecule has 1 heterocycles. The van der Waals surface area contributed by atoms with E-state index in [1.807, 2.05) is 34.8 Å². The number of carbonyl (C=O) groups excluding carboxylic acids is 2. The lowest BCUT2D eigenvalue weighted by Gasteiger charge is -2.35. The Kier molecular flexibility index (Phi) is 6.77. The molecule has 32 heavy (non-hydrogen) atoms. The van der Waals surface area contributed by atoms with E-state index in [1.54, 1.807) is 4.90 Å². The van der Waals surface area contributed by atoms with E-state index in [-0.39, 0.29) is 30.2 Å². The van der Waals surface area contributed by atoms with Gasteiger partial charge in [-0.25, -0.2) is 13.6 Å². The molecule has 0 spiro atoms. The molecule has 0 unspecified atom stereocenters. The molecule has 0 bridgehead atoms. The van der Waals surface area contributed by atoms with Crippen LogP contribution in [0.3, 0.4) is 0 Å². The summed E-state index contributed by atoms with van der Waals surface area (Å²) in [5, 5.41) is 2.55. The van der Waals surface area contributed by atoms with Gasteiger partial charge in [0.2, 0.25) is 5.91 Å². The molecular formula is C24H30F2N4O2. The lowest BCUT2D eigenvalue weighted by Crippen LogP contribution is -2.50. The number of hydrogen-bond donors (Lipinski definition) is 1. The van der Waals surface area contributed by atoms with E-state index < -0.39 is 17.7 Å². The van der Waals surface area contributed by atoms with Gasteiger partial charge < -0.3 is 19.7 Å². The molecule has 1 N–H and O–H groups in total. The van der Waals surface area contributed by atoms with Crippen molar-refractivity contribution in [1.29, 1.82) is 0 Å². The van der Waals surface area contributed by atoms with Crippen molar-refractivity contribution in [3.05, 3.63) is 53.9 Å². The van der Waals surface area contributed by atoms with Gasteiger partial charge in [-0.2, -0.15) is 0 Å². The summed E-state index contributed by atoms with van der Waals surface area (Å²) < 4.78 is 29.4.